The van der Waals surface area contributed by atoms with Crippen LogP contribution in [-0.2, 0) is 9.53 Å². The molecule has 0 fully saturated rings. The molecule has 0 heterocycles. The molecule has 0 radical (unpaired) electrons. The van der Waals surface area contributed by atoms with E-state index >= 15 is 0 Å². The standard InChI is InChI=1S/C23H48N2O2/c1-2-3-4-5-6-7-8-9-10-11-12-13-14-15-16-17-20-27-21-18-19-25-23(26)22-24/h2-22,24H2,1H3,(H,25,26). The Morgan fingerprint density at radius 2 is 1.07 bits per heavy atom. The van der Waals surface area contributed by atoms with E-state index in [9.17, 15) is 4.79 Å². The highest BCUT2D eigenvalue weighted by Crippen LogP contribution is 2.13. The molecule has 3 N–H and O–H groups in total. The Kier molecular flexibility index (Phi) is 22.9. The summed E-state index contributed by atoms with van der Waals surface area (Å²) in [7, 11) is 0. The van der Waals surface area contributed by atoms with E-state index < -0.39 is 0 Å². The van der Waals surface area contributed by atoms with Crippen molar-refractivity contribution >= 4 is 5.91 Å². The Hall–Kier alpha value is -0.610. The molecule has 0 rings (SSSR count). The summed E-state index contributed by atoms with van der Waals surface area (Å²) in [5.41, 5.74) is 5.22. The van der Waals surface area contributed by atoms with Crippen LogP contribution in [0.4, 0.5) is 0 Å². The Balaban J connectivity index is 3.00. The van der Waals surface area contributed by atoms with Crippen molar-refractivity contribution in [3.8, 4) is 0 Å². The summed E-state index contributed by atoms with van der Waals surface area (Å²) in [6, 6.07) is 0. The predicted octanol–water partition coefficient (Wildman–Crippen LogP) is 5.73. The lowest BCUT2D eigenvalue weighted by molar-refractivity contribution is -0.119. The number of hydrogen-bond donors (Lipinski definition) is 2. The van der Waals surface area contributed by atoms with Crippen LogP contribution < -0.4 is 11.1 Å². The minimum Gasteiger partial charge on any atom is -0.381 e. The lowest BCUT2D eigenvalue weighted by Gasteiger charge is -2.06. The maximum Gasteiger partial charge on any atom is 0.233 e. The first-order valence-electron chi connectivity index (χ1n) is 11.9. The van der Waals surface area contributed by atoms with Crippen LogP contribution in [0.5, 0.6) is 0 Å². The van der Waals surface area contributed by atoms with E-state index in [2.05, 4.69) is 12.2 Å². The molecular formula is C23H48N2O2. The third-order valence-electron chi connectivity index (χ3n) is 5.12. The minimum absolute atomic E-state index is 0.0695. The van der Waals surface area contributed by atoms with Crippen LogP contribution in [0.15, 0.2) is 0 Å². The molecule has 0 unspecified atom stereocenters. The van der Waals surface area contributed by atoms with E-state index in [1.165, 1.54) is 96.3 Å². The van der Waals surface area contributed by atoms with E-state index in [-0.39, 0.29) is 12.5 Å². The Morgan fingerprint density at radius 3 is 1.52 bits per heavy atom. The fraction of sp³-hybridized carbons (Fsp3) is 0.957. The number of nitrogens with one attached hydrogen (secondary N) is 1. The highest BCUT2D eigenvalue weighted by Gasteiger charge is 1.97. The van der Waals surface area contributed by atoms with Gasteiger partial charge in [-0.1, -0.05) is 103 Å². The van der Waals surface area contributed by atoms with Gasteiger partial charge >= 0.3 is 0 Å². The van der Waals surface area contributed by atoms with Crippen molar-refractivity contribution in [2.75, 3.05) is 26.3 Å². The molecule has 0 aliphatic carbocycles. The second-order valence-electron chi connectivity index (χ2n) is 7.82. The zero-order valence-corrected chi connectivity index (χ0v) is 18.2. The first-order valence-corrected chi connectivity index (χ1v) is 11.9. The van der Waals surface area contributed by atoms with E-state index in [1.54, 1.807) is 0 Å². The molecule has 27 heavy (non-hydrogen) atoms. The highest BCUT2D eigenvalue weighted by atomic mass is 16.5. The maximum atomic E-state index is 10.9. The summed E-state index contributed by atoms with van der Waals surface area (Å²) in [5, 5.41) is 2.75. The number of unbranched alkanes of at least 4 members (excludes halogenated alkanes) is 15. The third kappa shape index (κ3) is 23.4. The average molecular weight is 385 g/mol. The van der Waals surface area contributed by atoms with Crippen molar-refractivity contribution in [1.82, 2.24) is 5.32 Å². The van der Waals surface area contributed by atoms with Gasteiger partial charge in [0.2, 0.25) is 5.91 Å². The second kappa shape index (κ2) is 23.4. The van der Waals surface area contributed by atoms with Crippen LogP contribution in [0, 0.1) is 0 Å². The number of ether oxygens (including phenoxy) is 1. The van der Waals surface area contributed by atoms with Crippen molar-refractivity contribution in [1.29, 1.82) is 0 Å². The van der Waals surface area contributed by atoms with Crippen molar-refractivity contribution in [2.45, 2.75) is 116 Å². The number of nitrogens with two attached hydrogens (primary N) is 1. The van der Waals surface area contributed by atoms with E-state index in [1.807, 2.05) is 0 Å². The lowest BCUT2D eigenvalue weighted by atomic mass is 10.0. The molecule has 0 saturated carbocycles. The van der Waals surface area contributed by atoms with Gasteiger partial charge < -0.3 is 15.8 Å². The molecule has 0 saturated heterocycles. The van der Waals surface area contributed by atoms with Crippen LogP contribution in [0.3, 0.4) is 0 Å². The fourth-order valence-corrected chi connectivity index (χ4v) is 3.33. The SMILES string of the molecule is CCCCCCCCCCCCCCCCCCOCCCNC(=O)CN. The third-order valence-corrected chi connectivity index (χ3v) is 5.12. The van der Waals surface area contributed by atoms with Gasteiger partial charge in [-0.2, -0.15) is 0 Å². The molecule has 0 aliphatic rings. The van der Waals surface area contributed by atoms with Crippen LogP contribution in [0.25, 0.3) is 0 Å². The van der Waals surface area contributed by atoms with Gasteiger partial charge in [0, 0.05) is 19.8 Å². The first-order chi connectivity index (χ1) is 13.3. The van der Waals surface area contributed by atoms with Crippen molar-refractivity contribution in [3.63, 3.8) is 0 Å². The molecule has 0 spiro atoms. The summed E-state index contributed by atoms with van der Waals surface area (Å²) in [5.74, 6) is -0.0900. The van der Waals surface area contributed by atoms with E-state index in [0.717, 1.165) is 26.1 Å². The quantitative estimate of drug-likeness (QED) is 0.234. The number of carbonyl (C=O) groups excluding carboxylic acids is 1. The maximum absolute atomic E-state index is 10.9. The number of carbonyl (C=O) groups is 1. The highest BCUT2D eigenvalue weighted by molar-refractivity contribution is 5.77. The van der Waals surface area contributed by atoms with Gasteiger partial charge in [-0.15, -0.1) is 0 Å². The van der Waals surface area contributed by atoms with Crippen LogP contribution in [-0.4, -0.2) is 32.2 Å². The molecule has 0 bridgehead atoms. The van der Waals surface area contributed by atoms with Gasteiger partial charge in [0.05, 0.1) is 6.54 Å². The van der Waals surface area contributed by atoms with Gasteiger partial charge in [-0.3, -0.25) is 4.79 Å². The molecule has 162 valence electrons. The number of hydrogen-bond acceptors (Lipinski definition) is 3. The predicted molar refractivity (Wildman–Crippen MR) is 117 cm³/mol. The number of rotatable bonds is 22. The van der Waals surface area contributed by atoms with Crippen LogP contribution in [0.1, 0.15) is 116 Å². The van der Waals surface area contributed by atoms with Gasteiger partial charge in [0.1, 0.15) is 0 Å². The summed E-state index contributed by atoms with van der Waals surface area (Å²) < 4.78 is 5.59. The largest absolute Gasteiger partial charge is 0.381 e. The average Bonchev–Trinajstić information content (AvgIpc) is 2.68. The van der Waals surface area contributed by atoms with Gasteiger partial charge in [0.15, 0.2) is 0 Å². The van der Waals surface area contributed by atoms with Crippen molar-refractivity contribution in [2.24, 2.45) is 5.73 Å². The van der Waals surface area contributed by atoms with Gasteiger partial charge in [0.25, 0.3) is 0 Å². The van der Waals surface area contributed by atoms with Gasteiger partial charge in [-0.25, -0.2) is 0 Å². The molecule has 0 atom stereocenters. The minimum atomic E-state index is -0.0900. The molecule has 0 aromatic carbocycles. The van der Waals surface area contributed by atoms with Crippen molar-refractivity contribution in [3.05, 3.63) is 0 Å². The summed E-state index contributed by atoms with van der Waals surface area (Å²) >= 11 is 0. The Bertz CT molecular complexity index is 298. The molecule has 0 aromatic rings. The smallest absolute Gasteiger partial charge is 0.233 e. The zero-order chi connectivity index (χ0) is 19.8. The summed E-state index contributed by atoms with van der Waals surface area (Å²) in [6.07, 6.45) is 23.2. The van der Waals surface area contributed by atoms with Gasteiger partial charge in [-0.05, 0) is 12.8 Å². The molecule has 1 amide bonds. The monoisotopic (exact) mass is 384 g/mol. The Labute approximate surface area is 169 Å². The van der Waals surface area contributed by atoms with E-state index in [0.29, 0.717) is 6.54 Å². The lowest BCUT2D eigenvalue weighted by Crippen LogP contribution is -2.31. The fourth-order valence-electron chi connectivity index (χ4n) is 3.33. The molecule has 0 aromatic heterocycles. The molecule has 4 nitrogen and oxygen atoms in total. The van der Waals surface area contributed by atoms with Crippen LogP contribution in [0.2, 0.25) is 0 Å². The molecule has 0 aliphatic heterocycles. The summed E-state index contributed by atoms with van der Waals surface area (Å²) in [4.78, 5) is 10.9. The van der Waals surface area contributed by atoms with Crippen LogP contribution >= 0.6 is 0 Å². The normalized spacial score (nSPS) is 11.0. The first kappa shape index (κ1) is 26.4. The molecule has 4 heteroatoms. The zero-order valence-electron chi connectivity index (χ0n) is 18.2. The second-order valence-corrected chi connectivity index (χ2v) is 7.82. The summed E-state index contributed by atoms with van der Waals surface area (Å²) in [6.45, 7) is 4.59. The topological polar surface area (TPSA) is 64.3 Å². The number of amides is 1. The van der Waals surface area contributed by atoms with Crippen molar-refractivity contribution < 1.29 is 9.53 Å². The van der Waals surface area contributed by atoms with E-state index in [4.69, 9.17) is 10.5 Å². The Morgan fingerprint density at radius 1 is 0.667 bits per heavy atom. The molecular weight excluding hydrogens is 336 g/mol.